The number of carbonyl (C=O) groups is 1. The molecule has 4 heteroatoms. The summed E-state index contributed by atoms with van der Waals surface area (Å²) in [5, 5.41) is 0. The number of nitrogens with zero attached hydrogens (tertiary/aromatic N) is 2. The Labute approximate surface area is 177 Å². The molecule has 0 radical (unpaired) electrons. The fourth-order valence-corrected chi connectivity index (χ4v) is 3.54. The molecule has 30 heavy (non-hydrogen) atoms. The number of piperazine rings is 1. The van der Waals surface area contributed by atoms with Crippen molar-refractivity contribution in [2.24, 2.45) is 0 Å². The Kier molecular flexibility index (Phi) is 6.01. The number of anilines is 1. The Balaban J connectivity index is 1.40. The van der Waals surface area contributed by atoms with Gasteiger partial charge in [0.2, 0.25) is 0 Å². The molecule has 1 amide bonds. The zero-order valence-electron chi connectivity index (χ0n) is 17.0. The second-order valence-corrected chi connectivity index (χ2v) is 7.17. The van der Waals surface area contributed by atoms with Gasteiger partial charge in [0.15, 0.2) is 0 Å². The molecule has 0 N–H and O–H groups in total. The lowest BCUT2D eigenvalue weighted by Gasteiger charge is -2.36. The number of hydrogen-bond acceptors (Lipinski definition) is 3. The molecule has 0 unspecified atom stereocenters. The van der Waals surface area contributed by atoms with Crippen molar-refractivity contribution < 1.29 is 9.53 Å². The van der Waals surface area contributed by atoms with Gasteiger partial charge in [-0.3, -0.25) is 4.79 Å². The van der Waals surface area contributed by atoms with E-state index in [1.54, 1.807) is 7.11 Å². The van der Waals surface area contributed by atoms with Crippen LogP contribution < -0.4 is 9.64 Å². The predicted octanol–water partition coefficient (Wildman–Crippen LogP) is 4.06. The van der Waals surface area contributed by atoms with Crippen LogP contribution in [0, 0.1) is 11.8 Å². The largest absolute Gasteiger partial charge is 0.497 e. The molecule has 1 fully saturated rings. The van der Waals surface area contributed by atoms with E-state index in [0.29, 0.717) is 18.7 Å². The number of amides is 1. The van der Waals surface area contributed by atoms with Gasteiger partial charge in [-0.1, -0.05) is 36.1 Å². The second kappa shape index (κ2) is 9.19. The summed E-state index contributed by atoms with van der Waals surface area (Å²) in [7, 11) is 1.67. The van der Waals surface area contributed by atoms with Gasteiger partial charge in [0, 0.05) is 48.6 Å². The van der Waals surface area contributed by atoms with Gasteiger partial charge in [-0.15, -0.1) is 0 Å². The average molecular weight is 396 g/mol. The van der Waals surface area contributed by atoms with Crippen molar-refractivity contribution in [2.75, 3.05) is 38.2 Å². The number of methoxy groups -OCH3 is 1. The van der Waals surface area contributed by atoms with Crippen LogP contribution in [0.3, 0.4) is 0 Å². The Bertz CT molecular complexity index is 1060. The van der Waals surface area contributed by atoms with Crippen LogP contribution in [0.4, 0.5) is 5.69 Å². The zero-order chi connectivity index (χ0) is 20.8. The molecule has 0 spiro atoms. The van der Waals surface area contributed by atoms with Gasteiger partial charge >= 0.3 is 0 Å². The highest BCUT2D eigenvalue weighted by Crippen LogP contribution is 2.21. The van der Waals surface area contributed by atoms with Gasteiger partial charge in [0.05, 0.1) is 7.11 Å². The van der Waals surface area contributed by atoms with Crippen molar-refractivity contribution >= 4 is 11.6 Å². The molecule has 1 saturated heterocycles. The summed E-state index contributed by atoms with van der Waals surface area (Å²) in [5.41, 5.74) is 3.65. The Hall–Kier alpha value is -3.71. The van der Waals surface area contributed by atoms with E-state index in [1.165, 1.54) is 0 Å². The van der Waals surface area contributed by atoms with Crippen molar-refractivity contribution in [3.63, 3.8) is 0 Å². The number of carbonyl (C=O) groups excluding carboxylic acids is 1. The van der Waals surface area contributed by atoms with Gasteiger partial charge in [0.25, 0.3) is 5.91 Å². The molecule has 3 aromatic carbocycles. The van der Waals surface area contributed by atoms with Crippen LogP contribution in [-0.2, 0) is 0 Å². The van der Waals surface area contributed by atoms with Crippen LogP contribution in [0.15, 0.2) is 78.9 Å². The Morgan fingerprint density at radius 3 is 2.17 bits per heavy atom. The monoisotopic (exact) mass is 396 g/mol. The number of rotatable bonds is 3. The Morgan fingerprint density at radius 1 is 0.800 bits per heavy atom. The van der Waals surface area contributed by atoms with Crippen molar-refractivity contribution in [2.45, 2.75) is 0 Å². The standard InChI is InChI=1S/C26H24N2O2/c1-30-25-14-12-24(13-15-25)27-16-18-28(19-17-27)26(29)23-9-5-8-22(20-23)11-10-21-6-3-2-4-7-21/h2-9,12-15,20H,16-19H2,1H3. The molecule has 150 valence electrons. The van der Waals surface area contributed by atoms with Gasteiger partial charge < -0.3 is 14.5 Å². The molecule has 0 atom stereocenters. The first kappa shape index (κ1) is 19.6. The first-order chi connectivity index (χ1) is 14.7. The maximum atomic E-state index is 13.0. The zero-order valence-corrected chi connectivity index (χ0v) is 17.0. The molecule has 1 aliphatic rings. The number of ether oxygens (including phenoxy) is 1. The maximum Gasteiger partial charge on any atom is 0.254 e. The van der Waals surface area contributed by atoms with Crippen LogP contribution in [0.2, 0.25) is 0 Å². The first-order valence-corrected chi connectivity index (χ1v) is 10.1. The summed E-state index contributed by atoms with van der Waals surface area (Å²) < 4.78 is 5.23. The summed E-state index contributed by atoms with van der Waals surface area (Å²) in [6, 6.07) is 25.5. The summed E-state index contributed by atoms with van der Waals surface area (Å²) in [5.74, 6) is 7.22. The highest BCUT2D eigenvalue weighted by Gasteiger charge is 2.22. The molecular formula is C26H24N2O2. The van der Waals surface area contributed by atoms with E-state index >= 15 is 0 Å². The van der Waals surface area contributed by atoms with Gasteiger partial charge in [0.1, 0.15) is 5.75 Å². The maximum absolute atomic E-state index is 13.0. The van der Waals surface area contributed by atoms with Crippen LogP contribution in [0.1, 0.15) is 21.5 Å². The highest BCUT2D eigenvalue weighted by atomic mass is 16.5. The molecule has 0 bridgehead atoms. The molecule has 4 rings (SSSR count). The van der Waals surface area contributed by atoms with Crippen molar-refractivity contribution in [3.8, 4) is 17.6 Å². The molecule has 0 aromatic heterocycles. The summed E-state index contributed by atoms with van der Waals surface area (Å²) in [4.78, 5) is 17.2. The van der Waals surface area contributed by atoms with E-state index in [0.717, 1.165) is 35.7 Å². The van der Waals surface area contributed by atoms with Gasteiger partial charge in [-0.25, -0.2) is 0 Å². The first-order valence-electron chi connectivity index (χ1n) is 10.1. The van der Waals surface area contributed by atoms with E-state index in [-0.39, 0.29) is 5.91 Å². The topological polar surface area (TPSA) is 32.8 Å². The van der Waals surface area contributed by atoms with Crippen molar-refractivity contribution in [3.05, 3.63) is 95.6 Å². The van der Waals surface area contributed by atoms with E-state index in [4.69, 9.17) is 4.74 Å². The summed E-state index contributed by atoms with van der Waals surface area (Å²) in [6.45, 7) is 3.02. The lowest BCUT2D eigenvalue weighted by molar-refractivity contribution is 0.0746. The van der Waals surface area contributed by atoms with Crippen LogP contribution in [-0.4, -0.2) is 44.1 Å². The van der Waals surface area contributed by atoms with Gasteiger partial charge in [-0.2, -0.15) is 0 Å². The fraction of sp³-hybridized carbons (Fsp3) is 0.192. The third-order valence-corrected chi connectivity index (χ3v) is 5.24. The smallest absolute Gasteiger partial charge is 0.254 e. The van der Waals surface area contributed by atoms with Crippen LogP contribution >= 0.6 is 0 Å². The Morgan fingerprint density at radius 2 is 1.47 bits per heavy atom. The summed E-state index contributed by atoms with van der Waals surface area (Å²) >= 11 is 0. The molecule has 3 aromatic rings. The highest BCUT2D eigenvalue weighted by molar-refractivity contribution is 5.94. The number of hydrogen-bond donors (Lipinski definition) is 0. The van der Waals surface area contributed by atoms with E-state index in [2.05, 4.69) is 28.9 Å². The average Bonchev–Trinajstić information content (AvgIpc) is 2.83. The minimum Gasteiger partial charge on any atom is -0.497 e. The molecule has 4 nitrogen and oxygen atoms in total. The van der Waals surface area contributed by atoms with Gasteiger partial charge in [-0.05, 0) is 54.6 Å². The summed E-state index contributed by atoms with van der Waals surface area (Å²) in [6.07, 6.45) is 0. The van der Waals surface area contributed by atoms with E-state index < -0.39 is 0 Å². The predicted molar refractivity (Wildman–Crippen MR) is 120 cm³/mol. The van der Waals surface area contributed by atoms with Crippen molar-refractivity contribution in [1.29, 1.82) is 0 Å². The van der Waals surface area contributed by atoms with E-state index in [1.807, 2.05) is 71.6 Å². The second-order valence-electron chi connectivity index (χ2n) is 7.17. The molecule has 0 aliphatic carbocycles. The normalized spacial score (nSPS) is 13.4. The number of benzene rings is 3. The molecule has 1 heterocycles. The third kappa shape index (κ3) is 4.64. The van der Waals surface area contributed by atoms with Crippen molar-refractivity contribution in [1.82, 2.24) is 4.90 Å². The lowest BCUT2D eigenvalue weighted by atomic mass is 10.1. The van der Waals surface area contributed by atoms with E-state index in [9.17, 15) is 4.79 Å². The molecule has 0 saturated carbocycles. The fourth-order valence-electron chi connectivity index (χ4n) is 3.54. The van der Waals surface area contributed by atoms with Crippen LogP contribution in [0.25, 0.3) is 0 Å². The molecular weight excluding hydrogens is 372 g/mol. The lowest BCUT2D eigenvalue weighted by Crippen LogP contribution is -2.48. The third-order valence-electron chi connectivity index (χ3n) is 5.24. The minimum atomic E-state index is 0.0627. The quantitative estimate of drug-likeness (QED) is 0.626. The SMILES string of the molecule is COc1ccc(N2CCN(C(=O)c3cccc(C#Cc4ccccc4)c3)CC2)cc1. The van der Waals surface area contributed by atoms with Crippen LogP contribution in [0.5, 0.6) is 5.75 Å². The molecule has 1 aliphatic heterocycles. The minimum absolute atomic E-state index is 0.0627.